The highest BCUT2D eigenvalue weighted by molar-refractivity contribution is 5.07. The Labute approximate surface area is 60.5 Å². The lowest BCUT2D eigenvalue weighted by molar-refractivity contribution is -0.0996. The number of rotatable bonds is 0. The average molecular weight is 140 g/mol. The van der Waals surface area contributed by atoms with Crippen LogP contribution in [0.25, 0.3) is 0 Å². The van der Waals surface area contributed by atoms with Gasteiger partial charge in [-0.05, 0) is 25.3 Å². The molecular weight excluding hydrogens is 128 g/mol. The van der Waals surface area contributed by atoms with Crippen molar-refractivity contribution >= 4 is 0 Å². The van der Waals surface area contributed by atoms with Crippen molar-refractivity contribution in [3.63, 3.8) is 0 Å². The van der Waals surface area contributed by atoms with Gasteiger partial charge in [0, 0.05) is 12.3 Å². The smallest absolute Gasteiger partial charge is 0.196 e. The zero-order chi connectivity index (χ0) is 6.97. The number of allylic oxidation sites excluding steroid dienone is 2. The molecule has 1 heterocycles. The molecule has 1 aliphatic heterocycles. The molecule has 0 radical (unpaired) electrons. The third-order valence-corrected chi connectivity index (χ3v) is 2.30. The van der Waals surface area contributed by atoms with Crippen LogP contribution >= 0.6 is 0 Å². The Balaban J connectivity index is 2.07. The van der Waals surface area contributed by atoms with Crippen LogP contribution in [0, 0.1) is 5.92 Å². The van der Waals surface area contributed by atoms with Crippen molar-refractivity contribution in [2.75, 3.05) is 0 Å². The highest BCUT2D eigenvalue weighted by Crippen LogP contribution is 2.35. The molecule has 0 aromatic rings. The molecule has 0 aromatic carbocycles. The topological polar surface area (TPSA) is 29.5 Å². The maximum absolute atomic E-state index is 9.09. The Kier molecular flexibility index (Phi) is 1.42. The molecule has 1 saturated heterocycles. The van der Waals surface area contributed by atoms with Gasteiger partial charge in [-0.15, -0.1) is 0 Å². The monoisotopic (exact) mass is 140 g/mol. The molecule has 2 aliphatic rings. The lowest BCUT2D eigenvalue weighted by Crippen LogP contribution is -2.21. The van der Waals surface area contributed by atoms with Gasteiger partial charge < -0.3 is 9.84 Å². The lowest BCUT2D eigenvalue weighted by atomic mass is 9.99. The Morgan fingerprint density at radius 3 is 3.20 bits per heavy atom. The summed E-state index contributed by atoms with van der Waals surface area (Å²) in [6.45, 7) is 0. The molecule has 1 aliphatic carbocycles. The van der Waals surface area contributed by atoms with Gasteiger partial charge in [-0.25, -0.2) is 0 Å². The summed E-state index contributed by atoms with van der Waals surface area (Å²) >= 11 is 0. The van der Waals surface area contributed by atoms with Crippen molar-refractivity contribution in [2.24, 2.45) is 5.92 Å². The third kappa shape index (κ3) is 0.926. The lowest BCUT2D eigenvalue weighted by Gasteiger charge is -2.25. The summed E-state index contributed by atoms with van der Waals surface area (Å²) in [6.07, 6.45) is 5.84. The van der Waals surface area contributed by atoms with Crippen LogP contribution in [0.2, 0.25) is 0 Å². The summed E-state index contributed by atoms with van der Waals surface area (Å²) in [5.41, 5.74) is 0. The summed E-state index contributed by atoms with van der Waals surface area (Å²) in [5.74, 6) is 1.67. The highest BCUT2D eigenvalue weighted by Gasteiger charge is 2.27. The number of hydrogen-bond donors (Lipinski definition) is 1. The van der Waals surface area contributed by atoms with Crippen LogP contribution in [0.4, 0.5) is 0 Å². The van der Waals surface area contributed by atoms with Crippen molar-refractivity contribution in [1.29, 1.82) is 0 Å². The van der Waals surface area contributed by atoms with Gasteiger partial charge in [-0.1, -0.05) is 0 Å². The number of aliphatic hydroxyl groups is 1. The predicted octanol–water partition coefficient (Wildman–Crippen LogP) is 1.41. The second-order valence-corrected chi connectivity index (χ2v) is 3.03. The van der Waals surface area contributed by atoms with Gasteiger partial charge in [-0.2, -0.15) is 0 Å². The Bertz CT molecular complexity index is 163. The molecule has 2 atom stereocenters. The Morgan fingerprint density at radius 2 is 2.30 bits per heavy atom. The first-order chi connectivity index (χ1) is 4.86. The zero-order valence-electron chi connectivity index (χ0n) is 5.92. The van der Waals surface area contributed by atoms with Crippen LogP contribution in [0.15, 0.2) is 11.8 Å². The predicted molar refractivity (Wildman–Crippen MR) is 37.1 cm³/mol. The summed E-state index contributed by atoms with van der Waals surface area (Å²) in [5, 5.41) is 9.09. The fourth-order valence-corrected chi connectivity index (χ4v) is 1.73. The Hall–Kier alpha value is -0.500. The molecule has 0 bridgehead atoms. The van der Waals surface area contributed by atoms with E-state index in [1.807, 2.05) is 0 Å². The van der Waals surface area contributed by atoms with E-state index in [-0.39, 0.29) is 0 Å². The molecule has 56 valence electrons. The normalized spacial score (nSPS) is 38.3. The molecule has 0 spiro atoms. The molecule has 2 nitrogen and oxygen atoms in total. The Morgan fingerprint density at radius 1 is 1.40 bits per heavy atom. The first-order valence-electron chi connectivity index (χ1n) is 3.91. The SMILES string of the molecule is OC1CCC2CCC=C2O1. The number of aliphatic hydroxyl groups excluding tert-OH is 1. The van der Waals surface area contributed by atoms with E-state index in [0.29, 0.717) is 5.92 Å². The van der Waals surface area contributed by atoms with E-state index >= 15 is 0 Å². The van der Waals surface area contributed by atoms with Crippen LogP contribution in [0.3, 0.4) is 0 Å². The molecule has 10 heavy (non-hydrogen) atoms. The molecule has 1 fully saturated rings. The maximum Gasteiger partial charge on any atom is 0.196 e. The molecule has 0 saturated carbocycles. The zero-order valence-corrected chi connectivity index (χ0v) is 5.92. The third-order valence-electron chi connectivity index (χ3n) is 2.30. The van der Waals surface area contributed by atoms with Crippen LogP contribution in [0.5, 0.6) is 0 Å². The molecule has 1 N–H and O–H groups in total. The van der Waals surface area contributed by atoms with Crippen LogP contribution < -0.4 is 0 Å². The van der Waals surface area contributed by atoms with Crippen molar-refractivity contribution in [1.82, 2.24) is 0 Å². The van der Waals surface area contributed by atoms with Crippen molar-refractivity contribution < 1.29 is 9.84 Å². The minimum Gasteiger partial charge on any atom is -0.470 e. The summed E-state index contributed by atoms with van der Waals surface area (Å²) < 4.78 is 5.23. The van der Waals surface area contributed by atoms with E-state index in [2.05, 4.69) is 6.08 Å². The van der Waals surface area contributed by atoms with Crippen LogP contribution in [-0.4, -0.2) is 11.4 Å². The van der Waals surface area contributed by atoms with Crippen molar-refractivity contribution in [3.8, 4) is 0 Å². The van der Waals surface area contributed by atoms with Gasteiger partial charge in [0.15, 0.2) is 6.29 Å². The standard InChI is InChI=1S/C8H12O2/c9-8-5-4-6-2-1-3-7(6)10-8/h3,6,8-9H,1-2,4-5H2. The van der Waals surface area contributed by atoms with Gasteiger partial charge in [-0.3, -0.25) is 0 Å². The quantitative estimate of drug-likeness (QED) is 0.551. The van der Waals surface area contributed by atoms with Crippen LogP contribution in [0.1, 0.15) is 25.7 Å². The van der Waals surface area contributed by atoms with Crippen molar-refractivity contribution in [3.05, 3.63) is 11.8 Å². The second kappa shape index (κ2) is 2.27. The van der Waals surface area contributed by atoms with Gasteiger partial charge in [0.25, 0.3) is 0 Å². The minimum absolute atomic E-state index is 0.527. The molecule has 2 rings (SSSR count). The van der Waals surface area contributed by atoms with E-state index in [0.717, 1.165) is 25.0 Å². The number of fused-ring (bicyclic) bond motifs is 1. The van der Waals surface area contributed by atoms with Gasteiger partial charge in [0.2, 0.25) is 0 Å². The average Bonchev–Trinajstić information content (AvgIpc) is 2.33. The van der Waals surface area contributed by atoms with Crippen molar-refractivity contribution in [2.45, 2.75) is 32.0 Å². The number of hydrogen-bond acceptors (Lipinski definition) is 2. The summed E-state index contributed by atoms with van der Waals surface area (Å²) in [7, 11) is 0. The molecule has 0 amide bonds. The fourth-order valence-electron chi connectivity index (χ4n) is 1.73. The van der Waals surface area contributed by atoms with Gasteiger partial charge in [0.05, 0.1) is 5.76 Å². The number of ether oxygens (including phenoxy) is 1. The molecule has 2 heteroatoms. The second-order valence-electron chi connectivity index (χ2n) is 3.03. The summed E-state index contributed by atoms with van der Waals surface area (Å²) in [4.78, 5) is 0. The highest BCUT2D eigenvalue weighted by atomic mass is 16.6. The van der Waals surface area contributed by atoms with E-state index in [4.69, 9.17) is 9.84 Å². The van der Waals surface area contributed by atoms with E-state index in [9.17, 15) is 0 Å². The maximum atomic E-state index is 9.09. The first kappa shape index (κ1) is 6.23. The summed E-state index contributed by atoms with van der Waals surface area (Å²) in [6, 6.07) is 0. The largest absolute Gasteiger partial charge is 0.470 e. The van der Waals surface area contributed by atoms with Crippen LogP contribution in [-0.2, 0) is 4.74 Å². The molecular formula is C8H12O2. The van der Waals surface area contributed by atoms with Gasteiger partial charge in [0.1, 0.15) is 0 Å². The van der Waals surface area contributed by atoms with E-state index < -0.39 is 6.29 Å². The minimum atomic E-state index is -0.527. The fraction of sp³-hybridized carbons (Fsp3) is 0.750. The van der Waals surface area contributed by atoms with E-state index in [1.54, 1.807) is 0 Å². The molecule has 0 aromatic heterocycles. The molecule has 2 unspecified atom stereocenters. The van der Waals surface area contributed by atoms with E-state index in [1.165, 1.54) is 6.42 Å². The first-order valence-corrected chi connectivity index (χ1v) is 3.91. The van der Waals surface area contributed by atoms with Gasteiger partial charge >= 0.3 is 0 Å².